The van der Waals surface area contributed by atoms with E-state index in [2.05, 4.69) is 9.83 Å². The number of halogens is 4. The average molecular weight is 221 g/mol. The molecular formula is C8H4ClF3N2. The molecule has 0 spiro atoms. The molecule has 74 valence electrons. The van der Waals surface area contributed by atoms with Gasteiger partial charge in [0.25, 0.3) is 0 Å². The molecule has 0 atom stereocenters. The zero-order chi connectivity index (χ0) is 10.8. The van der Waals surface area contributed by atoms with Crippen LogP contribution in [0.1, 0.15) is 11.1 Å². The van der Waals surface area contributed by atoms with Gasteiger partial charge in [0.15, 0.2) is 0 Å². The van der Waals surface area contributed by atoms with Gasteiger partial charge in [0.2, 0.25) is 6.54 Å². The zero-order valence-corrected chi connectivity index (χ0v) is 7.52. The van der Waals surface area contributed by atoms with E-state index in [9.17, 15) is 13.2 Å². The molecule has 0 aliphatic rings. The fraction of sp³-hybridized carbons (Fsp3) is 0.250. The van der Waals surface area contributed by atoms with Crippen LogP contribution in [0.3, 0.4) is 0 Å². The summed E-state index contributed by atoms with van der Waals surface area (Å²) in [4.78, 5) is 6.31. The molecule has 0 aliphatic carbocycles. The monoisotopic (exact) mass is 220 g/mol. The van der Waals surface area contributed by atoms with Crippen molar-refractivity contribution in [1.29, 1.82) is 0 Å². The van der Waals surface area contributed by atoms with E-state index in [1.54, 1.807) is 0 Å². The molecule has 0 radical (unpaired) electrons. The van der Waals surface area contributed by atoms with Crippen LogP contribution in [0.25, 0.3) is 4.85 Å². The molecule has 0 aliphatic heterocycles. The third kappa shape index (κ3) is 2.36. The highest BCUT2D eigenvalue weighted by atomic mass is 35.5. The molecule has 1 aromatic heterocycles. The molecule has 0 bridgehead atoms. The van der Waals surface area contributed by atoms with E-state index in [0.29, 0.717) is 6.20 Å². The molecule has 1 aromatic rings. The third-order valence-electron chi connectivity index (χ3n) is 1.49. The highest BCUT2D eigenvalue weighted by molar-refractivity contribution is 6.30. The van der Waals surface area contributed by atoms with E-state index in [1.807, 2.05) is 0 Å². The van der Waals surface area contributed by atoms with Gasteiger partial charge in [-0.1, -0.05) is 11.6 Å². The van der Waals surface area contributed by atoms with Crippen molar-refractivity contribution < 1.29 is 13.2 Å². The van der Waals surface area contributed by atoms with Crippen molar-refractivity contribution in [3.05, 3.63) is 40.0 Å². The molecule has 1 rings (SSSR count). The second kappa shape index (κ2) is 3.84. The van der Waals surface area contributed by atoms with Crippen molar-refractivity contribution in [2.75, 3.05) is 0 Å². The van der Waals surface area contributed by atoms with E-state index in [-0.39, 0.29) is 17.3 Å². The molecule has 1 heterocycles. The molecule has 0 fully saturated rings. The summed E-state index contributed by atoms with van der Waals surface area (Å²) in [7, 11) is 0. The van der Waals surface area contributed by atoms with Crippen molar-refractivity contribution in [3.63, 3.8) is 0 Å². The smallest absolute Gasteiger partial charge is 0.312 e. The summed E-state index contributed by atoms with van der Waals surface area (Å²) in [5, 5.41) is -0.0611. The maximum Gasteiger partial charge on any atom is 0.417 e. The largest absolute Gasteiger partial charge is 0.417 e. The van der Waals surface area contributed by atoms with E-state index in [0.717, 1.165) is 6.07 Å². The number of pyridine rings is 1. The Kier molecular flexibility index (Phi) is 2.96. The van der Waals surface area contributed by atoms with Crippen LogP contribution in [0.4, 0.5) is 13.2 Å². The third-order valence-corrected chi connectivity index (χ3v) is 1.83. The highest BCUT2D eigenvalue weighted by Gasteiger charge is 2.31. The standard InChI is InChI=1S/C8H4ClF3N2/c1-13-3-5-2-6(8(10,11)12)4-14-7(5)9/h2,4H,3H2. The van der Waals surface area contributed by atoms with Gasteiger partial charge in [-0.3, -0.25) is 0 Å². The lowest BCUT2D eigenvalue weighted by molar-refractivity contribution is -0.137. The molecule has 6 heteroatoms. The van der Waals surface area contributed by atoms with Gasteiger partial charge in [0.05, 0.1) is 11.1 Å². The SMILES string of the molecule is [C-]#[N+]Cc1cc(C(F)(F)F)cnc1Cl. The van der Waals surface area contributed by atoms with Crippen LogP contribution in [0.5, 0.6) is 0 Å². The summed E-state index contributed by atoms with van der Waals surface area (Å²) in [6, 6.07) is 0.841. The van der Waals surface area contributed by atoms with Gasteiger partial charge >= 0.3 is 6.18 Å². The van der Waals surface area contributed by atoms with Gasteiger partial charge in [-0.15, -0.1) is 0 Å². The maximum atomic E-state index is 12.2. The molecule has 14 heavy (non-hydrogen) atoms. The second-order valence-electron chi connectivity index (χ2n) is 2.49. The first-order chi connectivity index (χ1) is 6.45. The number of alkyl halides is 3. The molecule has 0 unspecified atom stereocenters. The van der Waals surface area contributed by atoms with Crippen LogP contribution < -0.4 is 0 Å². The van der Waals surface area contributed by atoms with Gasteiger partial charge in [0.1, 0.15) is 5.15 Å². The molecule has 0 amide bonds. The Balaban J connectivity index is 3.14. The quantitative estimate of drug-likeness (QED) is 0.525. The minimum atomic E-state index is -4.45. The van der Waals surface area contributed by atoms with Gasteiger partial charge in [-0.05, 0) is 6.07 Å². The fourth-order valence-electron chi connectivity index (χ4n) is 0.845. The lowest BCUT2D eigenvalue weighted by Crippen LogP contribution is -2.06. The first kappa shape index (κ1) is 10.8. The lowest BCUT2D eigenvalue weighted by Gasteiger charge is -2.06. The van der Waals surface area contributed by atoms with Crippen LogP contribution in [-0.4, -0.2) is 4.98 Å². The maximum absolute atomic E-state index is 12.2. The van der Waals surface area contributed by atoms with E-state index in [4.69, 9.17) is 18.2 Å². The Bertz CT molecular complexity index is 381. The summed E-state index contributed by atoms with van der Waals surface area (Å²) in [5.41, 5.74) is -0.794. The van der Waals surface area contributed by atoms with E-state index in [1.165, 1.54) is 0 Å². The molecular weight excluding hydrogens is 217 g/mol. The minimum Gasteiger partial charge on any atom is -0.312 e. The summed E-state index contributed by atoms with van der Waals surface area (Å²) in [6.45, 7) is 6.32. The number of hydrogen-bond acceptors (Lipinski definition) is 1. The van der Waals surface area contributed by atoms with Crippen molar-refractivity contribution in [3.8, 4) is 0 Å². The molecule has 0 saturated carbocycles. The van der Waals surface area contributed by atoms with Gasteiger partial charge in [-0.2, -0.15) is 13.2 Å². The average Bonchev–Trinajstić information content (AvgIpc) is 2.07. The number of hydrogen-bond donors (Lipinski definition) is 0. The zero-order valence-electron chi connectivity index (χ0n) is 6.77. The van der Waals surface area contributed by atoms with Crippen molar-refractivity contribution >= 4 is 11.6 Å². The first-order valence-corrected chi connectivity index (χ1v) is 3.88. The number of nitrogens with zero attached hydrogens (tertiary/aromatic N) is 2. The molecule has 0 aromatic carbocycles. The van der Waals surface area contributed by atoms with Crippen molar-refractivity contribution in [1.82, 2.24) is 4.98 Å². The topological polar surface area (TPSA) is 17.2 Å². The van der Waals surface area contributed by atoms with Crippen LogP contribution in [-0.2, 0) is 12.7 Å². The first-order valence-electron chi connectivity index (χ1n) is 3.50. The van der Waals surface area contributed by atoms with Crippen molar-refractivity contribution in [2.24, 2.45) is 0 Å². The van der Waals surface area contributed by atoms with Crippen LogP contribution >= 0.6 is 11.6 Å². The summed E-state index contributed by atoms with van der Waals surface area (Å²) >= 11 is 5.50. The second-order valence-corrected chi connectivity index (χ2v) is 2.85. The van der Waals surface area contributed by atoms with Crippen LogP contribution in [0.15, 0.2) is 12.3 Å². The Morgan fingerprint density at radius 2 is 2.14 bits per heavy atom. The Hall–Kier alpha value is -1.28. The fourth-order valence-corrected chi connectivity index (χ4v) is 1.01. The predicted molar refractivity (Wildman–Crippen MR) is 44.6 cm³/mol. The summed E-state index contributed by atoms with van der Waals surface area (Å²) in [6.07, 6.45) is -3.80. The normalized spacial score (nSPS) is 11.1. The molecule has 0 saturated heterocycles. The van der Waals surface area contributed by atoms with Gasteiger partial charge < -0.3 is 4.85 Å². The lowest BCUT2D eigenvalue weighted by atomic mass is 10.2. The minimum absolute atomic E-state index is 0.0611. The molecule has 2 nitrogen and oxygen atoms in total. The number of rotatable bonds is 1. The predicted octanol–water partition coefficient (Wildman–Crippen LogP) is 3.17. The van der Waals surface area contributed by atoms with E-state index >= 15 is 0 Å². The van der Waals surface area contributed by atoms with Gasteiger partial charge in [-0.25, -0.2) is 11.6 Å². The Morgan fingerprint density at radius 1 is 1.50 bits per heavy atom. The van der Waals surface area contributed by atoms with E-state index < -0.39 is 11.7 Å². The summed E-state index contributed by atoms with van der Waals surface area (Å²) in [5.74, 6) is 0. The van der Waals surface area contributed by atoms with Crippen LogP contribution in [0, 0.1) is 6.57 Å². The highest BCUT2D eigenvalue weighted by Crippen LogP contribution is 2.30. The summed E-state index contributed by atoms with van der Waals surface area (Å²) < 4.78 is 36.5. The van der Waals surface area contributed by atoms with Crippen LogP contribution in [0.2, 0.25) is 5.15 Å². The van der Waals surface area contributed by atoms with Crippen molar-refractivity contribution in [2.45, 2.75) is 12.7 Å². The Morgan fingerprint density at radius 3 is 2.64 bits per heavy atom. The number of aromatic nitrogens is 1. The molecule has 0 N–H and O–H groups in total. The van der Waals surface area contributed by atoms with Gasteiger partial charge in [0, 0.05) is 6.20 Å². The Labute approximate surface area is 83.1 Å².